The van der Waals surface area contributed by atoms with Crippen LogP contribution in [0.4, 0.5) is 5.69 Å². The van der Waals surface area contributed by atoms with Crippen molar-refractivity contribution in [2.45, 2.75) is 12.5 Å². The van der Waals surface area contributed by atoms with Gasteiger partial charge < -0.3 is 0 Å². The lowest BCUT2D eigenvalue weighted by Gasteiger charge is -2.17. The molecule has 1 atom stereocenters. The minimum absolute atomic E-state index is 0.125. The molecule has 1 aliphatic heterocycles. The van der Waals surface area contributed by atoms with Crippen molar-refractivity contribution < 1.29 is 9.76 Å². The van der Waals surface area contributed by atoms with E-state index in [9.17, 15) is 10.1 Å². The second-order valence-corrected chi connectivity index (χ2v) is 3.53. The number of hydrogen-bond donors (Lipinski definition) is 0. The Hall–Kier alpha value is -1.46. The van der Waals surface area contributed by atoms with Crippen LogP contribution in [0.3, 0.4) is 0 Å². The van der Waals surface area contributed by atoms with Crippen molar-refractivity contribution in [3.8, 4) is 0 Å². The van der Waals surface area contributed by atoms with Crippen LogP contribution in [-0.2, 0) is 4.84 Å². The fraction of sp³-hybridized carbons (Fsp3) is 0.400. The average Bonchev–Trinajstić information content (AvgIpc) is 2.65. The molecule has 2 rings (SSSR count). The highest BCUT2D eigenvalue weighted by Crippen LogP contribution is 2.29. The highest BCUT2D eigenvalue weighted by molar-refractivity contribution is 5.34. The summed E-state index contributed by atoms with van der Waals surface area (Å²) in [6.45, 7) is 0.707. The Labute approximate surface area is 87.4 Å². The van der Waals surface area contributed by atoms with Gasteiger partial charge >= 0.3 is 0 Å². The summed E-state index contributed by atoms with van der Waals surface area (Å²) in [4.78, 5) is 15.4. The molecule has 0 saturated carbocycles. The van der Waals surface area contributed by atoms with E-state index in [4.69, 9.17) is 4.84 Å². The Morgan fingerprint density at radius 3 is 2.60 bits per heavy atom. The van der Waals surface area contributed by atoms with Gasteiger partial charge in [-0.15, -0.1) is 0 Å². The summed E-state index contributed by atoms with van der Waals surface area (Å²) in [5, 5.41) is 12.3. The van der Waals surface area contributed by atoms with Gasteiger partial charge in [0.05, 0.1) is 17.6 Å². The van der Waals surface area contributed by atoms with Gasteiger partial charge in [-0.05, 0) is 12.0 Å². The van der Waals surface area contributed by atoms with E-state index in [-0.39, 0.29) is 11.7 Å². The minimum atomic E-state index is -0.390. The van der Waals surface area contributed by atoms with Crippen LogP contribution < -0.4 is 0 Å². The number of nitrogens with zero attached hydrogens (tertiary/aromatic N) is 2. The van der Waals surface area contributed by atoms with Gasteiger partial charge in [-0.25, -0.2) is 0 Å². The second-order valence-electron chi connectivity index (χ2n) is 3.53. The van der Waals surface area contributed by atoms with Crippen LogP contribution in [0.15, 0.2) is 24.3 Å². The first-order chi connectivity index (χ1) is 7.18. The van der Waals surface area contributed by atoms with Crippen LogP contribution >= 0.6 is 0 Å². The average molecular weight is 208 g/mol. The molecule has 5 nitrogen and oxygen atoms in total. The predicted octanol–water partition coefficient (Wildman–Crippen LogP) is 1.90. The molecule has 1 heterocycles. The molecule has 0 N–H and O–H groups in total. The summed E-state index contributed by atoms with van der Waals surface area (Å²) in [6, 6.07) is 6.84. The van der Waals surface area contributed by atoms with E-state index < -0.39 is 4.92 Å². The molecule has 0 aromatic heterocycles. The normalized spacial score (nSPS) is 21.8. The summed E-state index contributed by atoms with van der Waals surface area (Å²) in [5.41, 5.74) is 1.18. The van der Waals surface area contributed by atoms with Gasteiger partial charge in [0.1, 0.15) is 0 Å². The van der Waals surface area contributed by atoms with Crippen LogP contribution in [0, 0.1) is 10.1 Å². The summed E-state index contributed by atoms with van der Waals surface area (Å²) in [6.07, 6.45) is 0.925. The second kappa shape index (κ2) is 3.96. The van der Waals surface area contributed by atoms with Crippen molar-refractivity contribution in [1.29, 1.82) is 0 Å². The molecular weight excluding hydrogens is 196 g/mol. The first-order valence-corrected chi connectivity index (χ1v) is 4.78. The fourth-order valence-corrected chi connectivity index (χ4v) is 1.77. The maximum atomic E-state index is 10.5. The molecule has 80 valence electrons. The highest BCUT2D eigenvalue weighted by atomic mass is 16.7. The van der Waals surface area contributed by atoms with E-state index in [0.717, 1.165) is 12.0 Å². The minimum Gasteiger partial charge on any atom is -0.299 e. The van der Waals surface area contributed by atoms with Crippen LogP contribution in [0.2, 0.25) is 0 Å². The molecule has 0 bridgehead atoms. The van der Waals surface area contributed by atoms with E-state index in [1.165, 1.54) is 12.1 Å². The highest BCUT2D eigenvalue weighted by Gasteiger charge is 2.24. The largest absolute Gasteiger partial charge is 0.299 e. The van der Waals surface area contributed by atoms with Crippen molar-refractivity contribution >= 4 is 5.69 Å². The number of non-ortho nitro benzene ring substituents is 1. The van der Waals surface area contributed by atoms with Crippen molar-refractivity contribution in [3.63, 3.8) is 0 Å². The van der Waals surface area contributed by atoms with Gasteiger partial charge in [0.2, 0.25) is 0 Å². The first kappa shape index (κ1) is 10.1. The molecular formula is C10H12N2O3. The summed E-state index contributed by atoms with van der Waals surface area (Å²) in [7, 11) is 1.87. The van der Waals surface area contributed by atoms with E-state index in [0.29, 0.717) is 6.61 Å². The van der Waals surface area contributed by atoms with Gasteiger partial charge in [0.25, 0.3) is 5.69 Å². The molecule has 5 heteroatoms. The Balaban J connectivity index is 2.19. The third-order valence-corrected chi connectivity index (χ3v) is 2.61. The van der Waals surface area contributed by atoms with Gasteiger partial charge in [-0.1, -0.05) is 12.1 Å². The number of rotatable bonds is 2. The SMILES string of the molecule is CN1OCCC1c1ccc([N+](=O)[O-])cc1. The number of hydroxylamine groups is 2. The van der Waals surface area contributed by atoms with Gasteiger partial charge in [-0.2, -0.15) is 5.06 Å². The maximum absolute atomic E-state index is 10.5. The zero-order valence-corrected chi connectivity index (χ0v) is 8.42. The molecule has 15 heavy (non-hydrogen) atoms. The zero-order chi connectivity index (χ0) is 10.8. The lowest BCUT2D eigenvalue weighted by Crippen LogP contribution is -2.15. The Morgan fingerprint density at radius 2 is 2.13 bits per heavy atom. The van der Waals surface area contributed by atoms with Gasteiger partial charge in [-0.3, -0.25) is 15.0 Å². The summed E-state index contributed by atoms with van der Waals surface area (Å²) < 4.78 is 0. The third-order valence-electron chi connectivity index (χ3n) is 2.61. The predicted molar refractivity (Wildman–Crippen MR) is 54.2 cm³/mol. The maximum Gasteiger partial charge on any atom is 0.269 e. The number of nitro benzene ring substituents is 1. The Bertz CT molecular complexity index is 363. The fourth-order valence-electron chi connectivity index (χ4n) is 1.77. The molecule has 0 radical (unpaired) electrons. The van der Waals surface area contributed by atoms with E-state index in [2.05, 4.69) is 0 Å². The van der Waals surface area contributed by atoms with E-state index in [1.54, 1.807) is 17.2 Å². The van der Waals surface area contributed by atoms with E-state index in [1.807, 2.05) is 7.05 Å². The molecule has 1 aliphatic rings. The van der Waals surface area contributed by atoms with Crippen molar-refractivity contribution in [3.05, 3.63) is 39.9 Å². The zero-order valence-electron chi connectivity index (χ0n) is 8.42. The molecule has 1 aromatic rings. The monoisotopic (exact) mass is 208 g/mol. The molecule has 0 amide bonds. The third kappa shape index (κ3) is 1.98. The lowest BCUT2D eigenvalue weighted by atomic mass is 10.0. The summed E-state index contributed by atoms with van der Waals surface area (Å²) >= 11 is 0. The summed E-state index contributed by atoms with van der Waals surface area (Å²) in [5.74, 6) is 0. The Kier molecular flexibility index (Phi) is 2.66. The topological polar surface area (TPSA) is 55.6 Å². The first-order valence-electron chi connectivity index (χ1n) is 4.78. The molecule has 1 unspecified atom stereocenters. The smallest absolute Gasteiger partial charge is 0.269 e. The molecule has 0 aliphatic carbocycles. The lowest BCUT2D eigenvalue weighted by molar-refractivity contribution is -0.384. The van der Waals surface area contributed by atoms with Gasteiger partial charge in [0, 0.05) is 19.2 Å². The standard InChI is InChI=1S/C10H12N2O3/c1-11-10(6-7-15-11)8-2-4-9(5-3-8)12(13)14/h2-5,10H,6-7H2,1H3. The Morgan fingerprint density at radius 1 is 1.47 bits per heavy atom. The molecule has 1 fully saturated rings. The van der Waals surface area contributed by atoms with Crippen LogP contribution in [-0.4, -0.2) is 23.6 Å². The quantitative estimate of drug-likeness (QED) is 0.550. The molecule has 0 spiro atoms. The number of hydrogen-bond acceptors (Lipinski definition) is 4. The molecule has 1 aromatic carbocycles. The van der Waals surface area contributed by atoms with Crippen LogP contribution in [0.5, 0.6) is 0 Å². The number of benzene rings is 1. The molecule has 1 saturated heterocycles. The van der Waals surface area contributed by atoms with Crippen molar-refractivity contribution in [1.82, 2.24) is 5.06 Å². The van der Waals surface area contributed by atoms with E-state index >= 15 is 0 Å². The van der Waals surface area contributed by atoms with Crippen LogP contribution in [0.1, 0.15) is 18.0 Å². The number of nitro groups is 1. The van der Waals surface area contributed by atoms with Crippen LogP contribution in [0.25, 0.3) is 0 Å². The van der Waals surface area contributed by atoms with Crippen molar-refractivity contribution in [2.24, 2.45) is 0 Å². The van der Waals surface area contributed by atoms with Crippen molar-refractivity contribution in [2.75, 3.05) is 13.7 Å². The van der Waals surface area contributed by atoms with Gasteiger partial charge in [0.15, 0.2) is 0 Å².